The maximum Gasteiger partial charge on any atom is 0.348 e. The number of rotatable bonds is 4. The van der Waals surface area contributed by atoms with Crippen LogP contribution in [0.25, 0.3) is 33.1 Å². The molecule has 0 aliphatic carbocycles. The summed E-state index contributed by atoms with van der Waals surface area (Å²) in [6.07, 6.45) is 0. The van der Waals surface area contributed by atoms with E-state index in [1.54, 1.807) is 36.4 Å². The number of nitro benzene ring substituents is 1. The molecule has 158 valence electrons. The Morgan fingerprint density at radius 3 is 2.47 bits per heavy atom. The molecule has 0 aliphatic heterocycles. The van der Waals surface area contributed by atoms with E-state index < -0.39 is 10.5 Å². The molecule has 5 rings (SSSR count). The monoisotopic (exact) mass is 426 g/mol. The van der Waals surface area contributed by atoms with Crippen molar-refractivity contribution in [2.75, 3.05) is 5.32 Å². The van der Waals surface area contributed by atoms with Gasteiger partial charge in [0.15, 0.2) is 5.58 Å². The second-order valence-electron chi connectivity index (χ2n) is 7.61. The molecule has 2 aromatic heterocycles. The number of anilines is 2. The lowest BCUT2D eigenvalue weighted by Gasteiger charge is -2.10. The third kappa shape index (κ3) is 3.11. The molecule has 0 bridgehead atoms. The minimum atomic E-state index is -0.621. The van der Waals surface area contributed by atoms with Crippen LogP contribution in [-0.2, 0) is 0 Å². The number of nitrogens with zero attached hydrogens (tertiary/aromatic N) is 1. The zero-order chi connectivity index (χ0) is 22.4. The van der Waals surface area contributed by atoms with E-state index in [4.69, 9.17) is 8.83 Å². The fourth-order valence-electron chi connectivity index (χ4n) is 3.98. The molecule has 0 unspecified atom stereocenters. The van der Waals surface area contributed by atoms with Gasteiger partial charge in [-0.15, -0.1) is 0 Å². The fourth-order valence-corrected chi connectivity index (χ4v) is 3.98. The molecule has 1 N–H and O–H groups in total. The van der Waals surface area contributed by atoms with Gasteiger partial charge in [-0.3, -0.25) is 10.1 Å². The molecule has 32 heavy (non-hydrogen) atoms. The number of fused-ring (bicyclic) bond motifs is 3. The quantitative estimate of drug-likeness (QED) is 0.201. The molecule has 0 saturated heterocycles. The van der Waals surface area contributed by atoms with Crippen LogP contribution in [0.4, 0.5) is 17.3 Å². The van der Waals surface area contributed by atoms with Crippen LogP contribution in [0.5, 0.6) is 0 Å². The van der Waals surface area contributed by atoms with E-state index in [1.807, 2.05) is 38.1 Å². The third-order valence-electron chi connectivity index (χ3n) is 5.45. The molecule has 3 aromatic carbocycles. The molecular formula is C25H18N2O5. The fraction of sp³-hybridized carbons (Fsp3) is 0.0800. The van der Waals surface area contributed by atoms with Crippen molar-refractivity contribution in [3.05, 3.63) is 98.4 Å². The summed E-state index contributed by atoms with van der Waals surface area (Å²) in [6, 6.07) is 19.2. The van der Waals surface area contributed by atoms with E-state index in [9.17, 15) is 14.9 Å². The predicted octanol–water partition coefficient (Wildman–Crippen LogP) is 6.47. The second-order valence-corrected chi connectivity index (χ2v) is 7.61. The summed E-state index contributed by atoms with van der Waals surface area (Å²) in [5.41, 5.74) is 3.35. The van der Waals surface area contributed by atoms with Crippen molar-refractivity contribution in [2.45, 2.75) is 13.8 Å². The van der Waals surface area contributed by atoms with Crippen molar-refractivity contribution in [3.8, 4) is 11.1 Å². The van der Waals surface area contributed by atoms with Crippen molar-refractivity contribution >= 4 is 39.2 Å². The van der Waals surface area contributed by atoms with E-state index in [-0.39, 0.29) is 22.5 Å². The summed E-state index contributed by atoms with van der Waals surface area (Å²) < 4.78 is 11.7. The van der Waals surface area contributed by atoms with Gasteiger partial charge in [0.1, 0.15) is 11.0 Å². The summed E-state index contributed by atoms with van der Waals surface area (Å²) >= 11 is 0. The first-order valence-electron chi connectivity index (χ1n) is 10.0. The van der Waals surface area contributed by atoms with E-state index in [2.05, 4.69) is 5.32 Å². The summed E-state index contributed by atoms with van der Waals surface area (Å²) in [7, 11) is 0. The Morgan fingerprint density at radius 2 is 1.69 bits per heavy atom. The lowest BCUT2D eigenvalue weighted by atomic mass is 10.0. The Balaban J connectivity index is 1.88. The zero-order valence-electron chi connectivity index (χ0n) is 17.3. The van der Waals surface area contributed by atoms with Gasteiger partial charge >= 0.3 is 5.63 Å². The first-order chi connectivity index (χ1) is 15.4. The number of aryl methyl sites for hydroxylation is 2. The van der Waals surface area contributed by atoms with Crippen molar-refractivity contribution in [1.29, 1.82) is 0 Å². The molecule has 7 heteroatoms. The average molecular weight is 426 g/mol. The van der Waals surface area contributed by atoms with Crippen LogP contribution < -0.4 is 10.9 Å². The van der Waals surface area contributed by atoms with Crippen molar-refractivity contribution < 1.29 is 13.8 Å². The average Bonchev–Trinajstić information content (AvgIpc) is 3.15. The van der Waals surface area contributed by atoms with E-state index in [0.29, 0.717) is 22.1 Å². The van der Waals surface area contributed by atoms with E-state index >= 15 is 0 Å². The molecule has 0 spiro atoms. The Labute approximate surface area is 182 Å². The number of nitrogens with one attached hydrogen (secondary N) is 1. The minimum Gasteiger partial charge on any atom is -0.439 e. The van der Waals surface area contributed by atoms with Crippen LogP contribution in [-0.4, -0.2) is 4.92 Å². The molecule has 0 atom stereocenters. The maximum absolute atomic E-state index is 13.0. The summed E-state index contributed by atoms with van der Waals surface area (Å²) in [4.78, 5) is 24.3. The Hall–Kier alpha value is -4.39. The Morgan fingerprint density at radius 1 is 0.938 bits per heavy atom. The summed E-state index contributed by atoms with van der Waals surface area (Å²) in [5, 5.41) is 15.8. The van der Waals surface area contributed by atoms with Gasteiger partial charge in [0.2, 0.25) is 5.88 Å². The van der Waals surface area contributed by atoms with Crippen molar-refractivity contribution in [2.24, 2.45) is 0 Å². The summed E-state index contributed by atoms with van der Waals surface area (Å²) in [5.74, 6) is 0.241. The van der Waals surface area contributed by atoms with Gasteiger partial charge in [0.05, 0.1) is 21.4 Å². The Kier molecular flexibility index (Phi) is 4.52. The molecule has 5 aromatic rings. The first kappa shape index (κ1) is 19.6. The third-order valence-corrected chi connectivity index (χ3v) is 5.45. The first-order valence-corrected chi connectivity index (χ1v) is 10.0. The van der Waals surface area contributed by atoms with E-state index in [0.717, 1.165) is 16.8 Å². The van der Waals surface area contributed by atoms with Crippen molar-refractivity contribution in [1.82, 2.24) is 0 Å². The number of benzene rings is 3. The number of hydrogen-bond acceptors (Lipinski definition) is 6. The normalized spacial score (nSPS) is 11.2. The summed E-state index contributed by atoms with van der Waals surface area (Å²) in [6.45, 7) is 3.94. The highest BCUT2D eigenvalue weighted by Crippen LogP contribution is 2.44. The van der Waals surface area contributed by atoms with Gasteiger partial charge in [0, 0.05) is 11.8 Å². The van der Waals surface area contributed by atoms with Crippen molar-refractivity contribution in [3.63, 3.8) is 0 Å². The van der Waals surface area contributed by atoms with Crippen LogP contribution >= 0.6 is 0 Å². The van der Waals surface area contributed by atoms with Gasteiger partial charge in [-0.2, -0.15) is 0 Å². The van der Waals surface area contributed by atoms with Gasteiger partial charge in [-0.05, 0) is 43.7 Å². The molecule has 0 saturated carbocycles. The van der Waals surface area contributed by atoms with Gasteiger partial charge in [-0.25, -0.2) is 4.79 Å². The SMILES string of the molecule is Cc1ccc(Nc2oc3c(c2-c2ccccc2[N+](=O)[O-])c(=O)oc2ccccc23)c(C)c1. The number of nitro groups is 1. The zero-order valence-corrected chi connectivity index (χ0v) is 17.3. The minimum absolute atomic E-state index is 0.133. The maximum atomic E-state index is 13.0. The predicted molar refractivity (Wildman–Crippen MR) is 124 cm³/mol. The number of furan rings is 1. The van der Waals surface area contributed by atoms with Gasteiger partial charge in [0.25, 0.3) is 5.69 Å². The molecule has 0 radical (unpaired) electrons. The highest BCUT2D eigenvalue weighted by atomic mass is 16.6. The largest absolute Gasteiger partial charge is 0.439 e. The highest BCUT2D eigenvalue weighted by Gasteiger charge is 2.27. The lowest BCUT2D eigenvalue weighted by molar-refractivity contribution is -0.384. The van der Waals surface area contributed by atoms with Gasteiger partial charge < -0.3 is 14.2 Å². The smallest absolute Gasteiger partial charge is 0.348 e. The van der Waals surface area contributed by atoms with Crippen LogP contribution in [0.3, 0.4) is 0 Å². The van der Waals surface area contributed by atoms with Crippen LogP contribution in [0, 0.1) is 24.0 Å². The molecule has 2 heterocycles. The standard InChI is InChI=1S/C25H18N2O5/c1-14-11-12-18(15(2)13-14)26-24-21(16-7-3-5-9-19(16)27(29)30)22-23(32-24)17-8-4-6-10-20(17)31-25(22)28/h3-13,26H,1-2H3. The van der Waals surface area contributed by atoms with Gasteiger partial charge in [-0.1, -0.05) is 42.0 Å². The molecular weight excluding hydrogens is 408 g/mol. The number of hydrogen-bond donors (Lipinski definition) is 1. The topological polar surface area (TPSA) is 98.5 Å². The number of para-hydroxylation sites is 2. The second kappa shape index (κ2) is 7.39. The van der Waals surface area contributed by atoms with Crippen LogP contribution in [0.1, 0.15) is 11.1 Å². The Bertz CT molecular complexity index is 1580. The van der Waals surface area contributed by atoms with E-state index in [1.165, 1.54) is 6.07 Å². The molecule has 0 fully saturated rings. The molecule has 0 amide bonds. The van der Waals surface area contributed by atoms with Crippen LogP contribution in [0.15, 0.2) is 80.4 Å². The molecule has 0 aliphatic rings. The lowest BCUT2D eigenvalue weighted by Crippen LogP contribution is -2.01. The highest BCUT2D eigenvalue weighted by molar-refractivity contribution is 6.11. The molecule has 7 nitrogen and oxygen atoms in total. The van der Waals surface area contributed by atoms with Crippen LogP contribution in [0.2, 0.25) is 0 Å².